The molecule has 20 heavy (non-hydrogen) atoms. The lowest BCUT2D eigenvalue weighted by Crippen LogP contribution is -2.18. The van der Waals surface area contributed by atoms with Gasteiger partial charge in [0.15, 0.2) is 0 Å². The molecule has 0 fully saturated rings. The maximum absolute atomic E-state index is 11.1. The Balaban J connectivity index is 1.98. The second kappa shape index (κ2) is 7.02. The molecule has 1 aromatic carbocycles. The number of hydrogen-bond acceptors (Lipinski definition) is 3. The van der Waals surface area contributed by atoms with E-state index in [1.165, 1.54) is 12.5 Å². The summed E-state index contributed by atoms with van der Waals surface area (Å²) in [4.78, 5) is 12.3. The minimum atomic E-state index is -0.0373. The van der Waals surface area contributed by atoms with Gasteiger partial charge in [0.25, 0.3) is 0 Å². The molecule has 1 heterocycles. The highest BCUT2D eigenvalue weighted by molar-refractivity contribution is 9.10. The summed E-state index contributed by atoms with van der Waals surface area (Å²) in [6.07, 6.45) is 0. The molecule has 0 bridgehead atoms. The van der Waals surface area contributed by atoms with E-state index in [9.17, 15) is 4.79 Å². The van der Waals surface area contributed by atoms with E-state index in [1.54, 1.807) is 11.3 Å². The Morgan fingerprint density at radius 2 is 2.20 bits per heavy atom. The molecule has 0 aliphatic heterocycles. The average Bonchev–Trinajstić information content (AvgIpc) is 2.82. The van der Waals surface area contributed by atoms with E-state index in [4.69, 9.17) is 0 Å². The van der Waals surface area contributed by atoms with E-state index in [2.05, 4.69) is 45.6 Å². The maximum atomic E-state index is 11.1. The van der Waals surface area contributed by atoms with Crippen LogP contribution < -0.4 is 10.6 Å². The van der Waals surface area contributed by atoms with Crippen molar-refractivity contribution in [3.05, 3.63) is 50.6 Å². The molecule has 0 saturated carbocycles. The number of hydrogen-bond donors (Lipinski definition) is 2. The van der Waals surface area contributed by atoms with Crippen LogP contribution in [0.25, 0.3) is 0 Å². The van der Waals surface area contributed by atoms with Crippen LogP contribution in [0.1, 0.15) is 30.3 Å². The van der Waals surface area contributed by atoms with E-state index in [-0.39, 0.29) is 11.9 Å². The molecule has 0 aliphatic rings. The van der Waals surface area contributed by atoms with Gasteiger partial charge in [-0.05, 0) is 36.1 Å². The lowest BCUT2D eigenvalue weighted by atomic mass is 10.1. The number of anilines is 1. The Kier molecular flexibility index (Phi) is 5.34. The van der Waals surface area contributed by atoms with Crippen molar-refractivity contribution in [2.24, 2.45) is 0 Å². The summed E-state index contributed by atoms with van der Waals surface area (Å²) in [6.45, 7) is 4.40. The second-order valence-electron chi connectivity index (χ2n) is 4.60. The first-order valence-electron chi connectivity index (χ1n) is 6.39. The van der Waals surface area contributed by atoms with E-state index >= 15 is 0 Å². The molecule has 2 aromatic rings. The molecular formula is C15H17BrN2OS. The first kappa shape index (κ1) is 15.2. The second-order valence-corrected chi connectivity index (χ2v) is 6.51. The quantitative estimate of drug-likeness (QED) is 0.841. The monoisotopic (exact) mass is 352 g/mol. The van der Waals surface area contributed by atoms with Gasteiger partial charge in [-0.1, -0.05) is 28.1 Å². The van der Waals surface area contributed by atoms with Gasteiger partial charge in [-0.3, -0.25) is 4.79 Å². The topological polar surface area (TPSA) is 41.1 Å². The molecular weight excluding hydrogens is 336 g/mol. The number of rotatable bonds is 5. The standard InChI is InChI=1S/C15H17BrN2OS/c1-10(12-4-3-5-13(16)8-12)17-9-15-14(6-7-20-15)18-11(2)19/h3-8,10,17H,9H2,1-2H3,(H,18,19)/t10-/m0/s1. The Bertz CT molecular complexity index is 597. The summed E-state index contributed by atoms with van der Waals surface area (Å²) in [5, 5.41) is 8.32. The van der Waals surface area contributed by atoms with Crippen molar-refractivity contribution in [1.82, 2.24) is 5.32 Å². The van der Waals surface area contributed by atoms with Gasteiger partial charge in [-0.15, -0.1) is 11.3 Å². The summed E-state index contributed by atoms with van der Waals surface area (Å²) in [5.74, 6) is -0.0373. The summed E-state index contributed by atoms with van der Waals surface area (Å²) in [6, 6.07) is 10.5. The first-order valence-corrected chi connectivity index (χ1v) is 8.06. The van der Waals surface area contributed by atoms with Crippen molar-refractivity contribution >= 4 is 38.9 Å². The van der Waals surface area contributed by atoms with Gasteiger partial charge in [-0.25, -0.2) is 0 Å². The molecule has 0 spiro atoms. The number of halogens is 1. The highest BCUT2D eigenvalue weighted by Crippen LogP contribution is 2.24. The molecule has 0 saturated heterocycles. The third-order valence-corrected chi connectivity index (χ3v) is 4.39. The van der Waals surface area contributed by atoms with Crippen LogP contribution in [-0.2, 0) is 11.3 Å². The van der Waals surface area contributed by atoms with Gasteiger partial charge in [0.1, 0.15) is 0 Å². The van der Waals surface area contributed by atoms with Crippen LogP contribution in [0.4, 0.5) is 5.69 Å². The SMILES string of the molecule is CC(=O)Nc1ccsc1CN[C@@H](C)c1cccc(Br)c1. The smallest absolute Gasteiger partial charge is 0.221 e. The van der Waals surface area contributed by atoms with Crippen molar-refractivity contribution < 1.29 is 4.79 Å². The predicted molar refractivity (Wildman–Crippen MR) is 88.0 cm³/mol. The number of amides is 1. The summed E-state index contributed by atoms with van der Waals surface area (Å²) in [7, 11) is 0. The normalized spacial score (nSPS) is 12.2. The van der Waals surface area contributed by atoms with Crippen molar-refractivity contribution in [2.45, 2.75) is 26.4 Å². The van der Waals surface area contributed by atoms with Gasteiger partial charge >= 0.3 is 0 Å². The first-order chi connectivity index (χ1) is 9.56. The Morgan fingerprint density at radius 3 is 2.90 bits per heavy atom. The van der Waals surface area contributed by atoms with Crippen LogP contribution in [-0.4, -0.2) is 5.91 Å². The Labute approximate surface area is 131 Å². The molecule has 1 aromatic heterocycles. The maximum Gasteiger partial charge on any atom is 0.221 e. The molecule has 1 amide bonds. The van der Waals surface area contributed by atoms with Crippen LogP contribution in [0.3, 0.4) is 0 Å². The average molecular weight is 353 g/mol. The van der Waals surface area contributed by atoms with Crippen molar-refractivity contribution in [3.63, 3.8) is 0 Å². The Morgan fingerprint density at radius 1 is 1.40 bits per heavy atom. The third-order valence-electron chi connectivity index (χ3n) is 2.97. The summed E-state index contributed by atoms with van der Waals surface area (Å²) < 4.78 is 1.08. The number of nitrogens with one attached hydrogen (secondary N) is 2. The molecule has 2 rings (SSSR count). The number of thiophene rings is 1. The van der Waals surface area contributed by atoms with Crippen molar-refractivity contribution in [1.29, 1.82) is 0 Å². The van der Waals surface area contributed by atoms with E-state index in [0.29, 0.717) is 0 Å². The van der Waals surface area contributed by atoms with Crippen LogP contribution in [0.15, 0.2) is 40.2 Å². The zero-order chi connectivity index (χ0) is 14.5. The van der Waals surface area contributed by atoms with Crippen LogP contribution >= 0.6 is 27.3 Å². The zero-order valence-corrected chi connectivity index (χ0v) is 13.8. The Hall–Kier alpha value is -1.17. The predicted octanol–water partition coefficient (Wildman–Crippen LogP) is 4.32. The number of carbonyl (C=O) groups is 1. The molecule has 2 N–H and O–H groups in total. The van der Waals surface area contributed by atoms with Crippen molar-refractivity contribution in [2.75, 3.05) is 5.32 Å². The van der Waals surface area contributed by atoms with Crippen LogP contribution in [0.2, 0.25) is 0 Å². The highest BCUT2D eigenvalue weighted by atomic mass is 79.9. The minimum absolute atomic E-state index is 0.0373. The largest absolute Gasteiger partial charge is 0.325 e. The fourth-order valence-corrected chi connectivity index (χ4v) is 3.12. The van der Waals surface area contributed by atoms with Gasteiger partial charge in [0.05, 0.1) is 5.69 Å². The van der Waals surface area contributed by atoms with E-state index < -0.39 is 0 Å². The molecule has 0 radical (unpaired) electrons. The summed E-state index contributed by atoms with van der Waals surface area (Å²) in [5.41, 5.74) is 2.13. The third kappa shape index (κ3) is 4.16. The van der Waals surface area contributed by atoms with Gasteiger partial charge in [-0.2, -0.15) is 0 Å². The fraction of sp³-hybridized carbons (Fsp3) is 0.267. The lowest BCUT2D eigenvalue weighted by Gasteiger charge is -2.15. The van der Waals surface area contributed by atoms with Gasteiger partial charge in [0.2, 0.25) is 5.91 Å². The molecule has 0 unspecified atom stereocenters. The highest BCUT2D eigenvalue weighted by Gasteiger charge is 2.09. The van der Waals surface area contributed by atoms with Crippen molar-refractivity contribution in [3.8, 4) is 0 Å². The fourth-order valence-electron chi connectivity index (χ4n) is 1.92. The number of carbonyl (C=O) groups excluding carboxylic acids is 1. The van der Waals surface area contributed by atoms with Crippen LogP contribution in [0, 0.1) is 0 Å². The lowest BCUT2D eigenvalue weighted by molar-refractivity contribution is -0.114. The van der Waals surface area contributed by atoms with E-state index in [0.717, 1.165) is 21.6 Å². The van der Waals surface area contributed by atoms with Gasteiger partial charge < -0.3 is 10.6 Å². The molecule has 5 heteroatoms. The molecule has 0 aliphatic carbocycles. The summed E-state index contributed by atoms with van der Waals surface area (Å²) >= 11 is 5.13. The molecule has 1 atom stereocenters. The number of benzene rings is 1. The van der Waals surface area contributed by atoms with Crippen LogP contribution in [0.5, 0.6) is 0 Å². The van der Waals surface area contributed by atoms with Gasteiger partial charge in [0, 0.05) is 28.9 Å². The van der Waals surface area contributed by atoms with E-state index in [1.807, 2.05) is 23.6 Å². The minimum Gasteiger partial charge on any atom is -0.325 e. The molecule has 106 valence electrons. The zero-order valence-electron chi connectivity index (χ0n) is 11.4. The molecule has 3 nitrogen and oxygen atoms in total.